The molecule has 6 nitrogen and oxygen atoms in total. The summed E-state index contributed by atoms with van der Waals surface area (Å²) in [4.78, 5) is 15.7. The minimum Gasteiger partial charge on any atom is -0.497 e. The number of aromatic amines is 1. The summed E-state index contributed by atoms with van der Waals surface area (Å²) >= 11 is 0. The van der Waals surface area contributed by atoms with Crippen molar-refractivity contribution in [3.63, 3.8) is 0 Å². The average molecular weight is 366 g/mol. The van der Waals surface area contributed by atoms with Crippen molar-refractivity contribution in [3.05, 3.63) is 53.7 Å². The van der Waals surface area contributed by atoms with E-state index in [4.69, 9.17) is 14.2 Å². The number of rotatable bonds is 5. The second-order valence-corrected chi connectivity index (χ2v) is 6.44. The fourth-order valence-corrected chi connectivity index (χ4v) is 3.22. The number of carbonyl (C=O) groups excluding carboxylic acids is 1. The smallest absolute Gasteiger partial charge is 0.251 e. The van der Waals surface area contributed by atoms with Crippen molar-refractivity contribution in [1.29, 1.82) is 0 Å². The minimum atomic E-state index is -0.118. The lowest BCUT2D eigenvalue weighted by Gasteiger charge is -2.10. The van der Waals surface area contributed by atoms with E-state index in [2.05, 4.69) is 10.3 Å². The molecule has 0 radical (unpaired) electrons. The van der Waals surface area contributed by atoms with Crippen molar-refractivity contribution < 1.29 is 19.0 Å². The van der Waals surface area contributed by atoms with Gasteiger partial charge in [0.05, 0.1) is 20.3 Å². The number of hydrogen-bond acceptors (Lipinski definition) is 4. The van der Waals surface area contributed by atoms with Gasteiger partial charge < -0.3 is 24.5 Å². The number of methoxy groups -OCH3 is 1. The topological polar surface area (TPSA) is 72.6 Å². The highest BCUT2D eigenvalue weighted by Crippen LogP contribution is 2.30. The van der Waals surface area contributed by atoms with Gasteiger partial charge in [-0.25, -0.2) is 0 Å². The van der Waals surface area contributed by atoms with Gasteiger partial charge in [-0.15, -0.1) is 0 Å². The summed E-state index contributed by atoms with van der Waals surface area (Å²) in [6, 6.07) is 11.2. The zero-order valence-corrected chi connectivity index (χ0v) is 15.2. The predicted octanol–water partition coefficient (Wildman–Crippen LogP) is 3.31. The SMILES string of the molecule is COc1ccc2c(CCNC(=O)c3ccc4c(c3)OCCCO4)c[nH]c2c1. The maximum absolute atomic E-state index is 12.5. The average Bonchev–Trinajstić information content (AvgIpc) is 2.94. The Bertz CT molecular complexity index is 964. The Labute approximate surface area is 157 Å². The standard InChI is InChI=1S/C21H22N2O4/c1-25-16-4-5-17-15(13-23-18(17)12-16)7-8-22-21(24)14-3-6-19-20(11-14)27-10-2-9-26-19/h3-6,11-13,23H,2,7-10H2,1H3,(H,22,24). The molecule has 0 saturated carbocycles. The van der Waals surface area contributed by atoms with Crippen molar-refractivity contribution in [2.45, 2.75) is 12.8 Å². The van der Waals surface area contributed by atoms with Crippen LogP contribution in [-0.4, -0.2) is 37.8 Å². The Hall–Kier alpha value is -3.15. The number of hydrogen-bond donors (Lipinski definition) is 2. The molecule has 2 aromatic carbocycles. The van der Waals surface area contributed by atoms with E-state index in [9.17, 15) is 4.79 Å². The van der Waals surface area contributed by atoms with Crippen LogP contribution in [0.5, 0.6) is 17.2 Å². The summed E-state index contributed by atoms with van der Waals surface area (Å²) in [6.07, 6.45) is 3.55. The molecule has 3 aromatic rings. The minimum absolute atomic E-state index is 0.118. The number of amides is 1. The number of H-pyrrole nitrogens is 1. The zero-order valence-electron chi connectivity index (χ0n) is 15.2. The maximum Gasteiger partial charge on any atom is 0.251 e. The summed E-state index contributed by atoms with van der Waals surface area (Å²) in [7, 11) is 1.65. The number of aromatic nitrogens is 1. The van der Waals surface area contributed by atoms with E-state index in [0.717, 1.165) is 35.1 Å². The third-order valence-corrected chi connectivity index (χ3v) is 4.66. The second-order valence-electron chi connectivity index (χ2n) is 6.44. The van der Waals surface area contributed by atoms with E-state index < -0.39 is 0 Å². The maximum atomic E-state index is 12.5. The van der Waals surface area contributed by atoms with Crippen molar-refractivity contribution >= 4 is 16.8 Å². The highest BCUT2D eigenvalue weighted by Gasteiger charge is 2.14. The molecule has 0 fully saturated rings. The molecule has 0 aliphatic carbocycles. The van der Waals surface area contributed by atoms with Crippen LogP contribution in [-0.2, 0) is 6.42 Å². The lowest BCUT2D eigenvalue weighted by molar-refractivity contribution is 0.0953. The molecular weight excluding hydrogens is 344 g/mol. The molecule has 0 saturated heterocycles. The van der Waals surface area contributed by atoms with Gasteiger partial charge in [0.1, 0.15) is 5.75 Å². The normalized spacial score (nSPS) is 13.2. The fourth-order valence-electron chi connectivity index (χ4n) is 3.22. The van der Waals surface area contributed by atoms with Gasteiger partial charge in [0.2, 0.25) is 0 Å². The molecule has 27 heavy (non-hydrogen) atoms. The van der Waals surface area contributed by atoms with Crippen molar-refractivity contribution in [1.82, 2.24) is 10.3 Å². The molecule has 0 unspecified atom stereocenters. The van der Waals surface area contributed by atoms with Gasteiger partial charge in [0.25, 0.3) is 5.91 Å². The van der Waals surface area contributed by atoms with Crippen LogP contribution in [0.25, 0.3) is 10.9 Å². The van der Waals surface area contributed by atoms with Gasteiger partial charge in [-0.1, -0.05) is 0 Å². The summed E-state index contributed by atoms with van der Waals surface area (Å²) < 4.78 is 16.5. The van der Waals surface area contributed by atoms with Gasteiger partial charge in [-0.2, -0.15) is 0 Å². The highest BCUT2D eigenvalue weighted by atomic mass is 16.5. The van der Waals surface area contributed by atoms with Gasteiger partial charge >= 0.3 is 0 Å². The van der Waals surface area contributed by atoms with E-state index in [0.29, 0.717) is 36.8 Å². The molecule has 6 heteroatoms. The molecule has 4 rings (SSSR count). The van der Waals surface area contributed by atoms with E-state index >= 15 is 0 Å². The van der Waals surface area contributed by atoms with Crippen LogP contribution in [0.2, 0.25) is 0 Å². The zero-order chi connectivity index (χ0) is 18.6. The van der Waals surface area contributed by atoms with Gasteiger partial charge in [0.15, 0.2) is 11.5 Å². The summed E-state index contributed by atoms with van der Waals surface area (Å²) in [5, 5.41) is 4.11. The van der Waals surface area contributed by atoms with Crippen LogP contribution < -0.4 is 19.5 Å². The van der Waals surface area contributed by atoms with Gasteiger partial charge in [0, 0.05) is 41.7 Å². The van der Waals surface area contributed by atoms with Crippen molar-refractivity contribution in [2.75, 3.05) is 26.9 Å². The molecule has 2 N–H and O–H groups in total. The Balaban J connectivity index is 1.39. The first kappa shape index (κ1) is 17.3. The van der Waals surface area contributed by atoms with Crippen LogP contribution in [0.1, 0.15) is 22.3 Å². The molecule has 1 aliphatic heterocycles. The molecule has 0 atom stereocenters. The molecule has 1 aliphatic rings. The number of nitrogens with one attached hydrogen (secondary N) is 2. The van der Waals surface area contributed by atoms with Crippen LogP contribution in [0.3, 0.4) is 0 Å². The van der Waals surface area contributed by atoms with Crippen molar-refractivity contribution in [3.8, 4) is 17.2 Å². The Morgan fingerprint density at radius 2 is 2.00 bits per heavy atom. The summed E-state index contributed by atoms with van der Waals surface area (Å²) in [6.45, 7) is 1.78. The number of fused-ring (bicyclic) bond motifs is 2. The first-order chi connectivity index (χ1) is 13.2. The molecule has 1 aromatic heterocycles. The van der Waals surface area contributed by atoms with Gasteiger partial charge in [-0.3, -0.25) is 4.79 Å². The number of benzene rings is 2. The number of ether oxygens (including phenoxy) is 3. The third-order valence-electron chi connectivity index (χ3n) is 4.66. The number of carbonyl (C=O) groups is 1. The molecule has 1 amide bonds. The van der Waals surface area contributed by atoms with Crippen molar-refractivity contribution in [2.24, 2.45) is 0 Å². The molecule has 140 valence electrons. The van der Waals surface area contributed by atoms with Gasteiger partial charge in [-0.05, 0) is 42.3 Å². The predicted molar refractivity (Wildman–Crippen MR) is 103 cm³/mol. The molecule has 0 spiro atoms. The molecular formula is C21H22N2O4. The molecule has 2 heterocycles. The third kappa shape index (κ3) is 3.69. The second kappa shape index (κ2) is 7.61. The van der Waals surface area contributed by atoms with E-state index in [1.807, 2.05) is 24.4 Å². The van der Waals surface area contributed by atoms with E-state index in [1.54, 1.807) is 25.3 Å². The quantitative estimate of drug-likeness (QED) is 0.727. The summed E-state index contributed by atoms with van der Waals surface area (Å²) in [5.74, 6) is 2.02. The monoisotopic (exact) mass is 366 g/mol. The first-order valence-electron chi connectivity index (χ1n) is 9.06. The fraction of sp³-hybridized carbons (Fsp3) is 0.286. The highest BCUT2D eigenvalue weighted by molar-refractivity contribution is 5.95. The van der Waals surface area contributed by atoms with Crippen LogP contribution in [0.4, 0.5) is 0 Å². The van der Waals surface area contributed by atoms with Crippen LogP contribution in [0.15, 0.2) is 42.6 Å². The summed E-state index contributed by atoms with van der Waals surface area (Å²) in [5.41, 5.74) is 2.76. The van der Waals surface area contributed by atoms with Crippen LogP contribution in [0, 0.1) is 0 Å². The molecule has 0 bridgehead atoms. The van der Waals surface area contributed by atoms with E-state index in [-0.39, 0.29) is 5.91 Å². The lowest BCUT2D eigenvalue weighted by Crippen LogP contribution is -2.25. The van der Waals surface area contributed by atoms with E-state index in [1.165, 1.54) is 0 Å². The lowest BCUT2D eigenvalue weighted by atomic mass is 10.1. The largest absolute Gasteiger partial charge is 0.497 e. The van der Waals surface area contributed by atoms with Crippen LogP contribution >= 0.6 is 0 Å². The first-order valence-corrected chi connectivity index (χ1v) is 9.06. The Morgan fingerprint density at radius 1 is 1.15 bits per heavy atom. The Morgan fingerprint density at radius 3 is 2.85 bits per heavy atom. The Kier molecular flexibility index (Phi) is 4.87.